The number of hydrogen-bond acceptors (Lipinski definition) is 5. The van der Waals surface area contributed by atoms with Gasteiger partial charge in [0, 0.05) is 23.4 Å². The number of aromatic amines is 1. The lowest BCUT2D eigenvalue weighted by atomic mass is 10.0. The average molecular weight is 461 g/mol. The number of rotatable bonds is 9. The van der Waals surface area contributed by atoms with Gasteiger partial charge in [0.2, 0.25) is 0 Å². The van der Waals surface area contributed by atoms with Crippen molar-refractivity contribution < 1.29 is 9.53 Å². The van der Waals surface area contributed by atoms with Gasteiger partial charge in [0.1, 0.15) is 5.75 Å². The molecule has 0 fully saturated rings. The molecule has 33 heavy (non-hydrogen) atoms. The van der Waals surface area contributed by atoms with E-state index in [1.807, 2.05) is 86.9 Å². The number of carbonyl (C=O) groups is 1. The number of fused-ring (bicyclic) bond motifs is 1. The third-order valence-corrected chi connectivity index (χ3v) is 6.49. The molecule has 1 heterocycles. The predicted molar refractivity (Wildman–Crippen MR) is 134 cm³/mol. The first-order chi connectivity index (χ1) is 16.1. The fraction of sp³-hybridized carbons (Fsp3) is 0.231. The quantitative estimate of drug-likeness (QED) is 0.348. The maximum Gasteiger partial charge on any atom is 0.251 e. The van der Waals surface area contributed by atoms with Crippen molar-refractivity contribution in [2.45, 2.75) is 17.0 Å². The summed E-state index contributed by atoms with van der Waals surface area (Å²) in [5.41, 5.74) is 4.64. The van der Waals surface area contributed by atoms with E-state index >= 15 is 0 Å². The van der Waals surface area contributed by atoms with E-state index in [0.717, 1.165) is 33.1 Å². The maximum absolute atomic E-state index is 13.1. The van der Waals surface area contributed by atoms with Crippen LogP contribution in [0.3, 0.4) is 0 Å². The van der Waals surface area contributed by atoms with Crippen molar-refractivity contribution in [3.63, 3.8) is 0 Å². The largest absolute Gasteiger partial charge is 0.496 e. The molecule has 6 nitrogen and oxygen atoms in total. The van der Waals surface area contributed by atoms with Gasteiger partial charge in [-0.05, 0) is 43.9 Å². The summed E-state index contributed by atoms with van der Waals surface area (Å²) in [5.74, 6) is 1.37. The first-order valence-electron chi connectivity index (χ1n) is 10.8. The molecule has 0 radical (unpaired) electrons. The summed E-state index contributed by atoms with van der Waals surface area (Å²) in [5, 5.41) is 3.96. The Hall–Kier alpha value is -3.29. The Kier molecular flexibility index (Phi) is 7.32. The van der Waals surface area contributed by atoms with Gasteiger partial charge in [0.15, 0.2) is 5.16 Å². The highest BCUT2D eigenvalue weighted by atomic mass is 32.2. The van der Waals surface area contributed by atoms with E-state index in [0.29, 0.717) is 17.9 Å². The normalized spacial score (nSPS) is 12.1. The van der Waals surface area contributed by atoms with E-state index < -0.39 is 0 Å². The molecule has 170 valence electrons. The van der Waals surface area contributed by atoms with Crippen molar-refractivity contribution in [3.05, 3.63) is 89.5 Å². The van der Waals surface area contributed by atoms with Gasteiger partial charge >= 0.3 is 0 Å². The topological polar surface area (TPSA) is 70.2 Å². The standard InChI is InChI=1S/C26H28N4O2S/c1-30(2)23(20-12-6-9-15-24(20)32-3)16-27-25(31)19-11-5-4-10-18(19)17-33-26-28-21-13-7-8-14-22(21)29-26/h4-15,23H,16-17H2,1-3H3,(H,27,31)(H,28,29). The van der Waals surface area contributed by atoms with Crippen molar-refractivity contribution >= 4 is 28.7 Å². The maximum atomic E-state index is 13.1. The van der Waals surface area contributed by atoms with Gasteiger partial charge in [0.25, 0.3) is 5.91 Å². The molecular formula is C26H28N4O2S. The van der Waals surface area contributed by atoms with E-state index in [4.69, 9.17) is 4.74 Å². The van der Waals surface area contributed by atoms with Crippen molar-refractivity contribution in [3.8, 4) is 5.75 Å². The average Bonchev–Trinajstić information content (AvgIpc) is 3.26. The van der Waals surface area contributed by atoms with Crippen LogP contribution in [0, 0.1) is 0 Å². The summed E-state index contributed by atoms with van der Waals surface area (Å²) in [4.78, 5) is 23.2. The van der Waals surface area contributed by atoms with Crippen LogP contribution in [0.25, 0.3) is 11.0 Å². The van der Waals surface area contributed by atoms with Gasteiger partial charge in [-0.15, -0.1) is 0 Å². The Bertz CT molecular complexity index is 1200. The summed E-state index contributed by atoms with van der Waals surface area (Å²) in [6.07, 6.45) is 0. The number of thioether (sulfide) groups is 1. The first-order valence-corrected chi connectivity index (χ1v) is 11.8. The van der Waals surface area contributed by atoms with Crippen molar-refractivity contribution in [1.29, 1.82) is 0 Å². The molecule has 1 unspecified atom stereocenters. The molecule has 0 aliphatic carbocycles. The molecule has 0 bridgehead atoms. The number of para-hydroxylation sites is 3. The van der Waals surface area contributed by atoms with E-state index in [2.05, 4.69) is 20.2 Å². The van der Waals surface area contributed by atoms with Crippen LogP contribution in [0.2, 0.25) is 0 Å². The second kappa shape index (κ2) is 10.6. The number of likely N-dealkylation sites (N-methyl/N-ethyl adjacent to an activating group) is 1. The molecule has 0 saturated carbocycles. The zero-order chi connectivity index (χ0) is 23.2. The monoisotopic (exact) mass is 460 g/mol. The SMILES string of the molecule is COc1ccccc1C(CNC(=O)c1ccccc1CSc1nc2ccccc2[nH]1)N(C)C. The minimum atomic E-state index is -0.0856. The number of nitrogens with one attached hydrogen (secondary N) is 2. The number of carbonyl (C=O) groups excluding carboxylic acids is 1. The van der Waals surface area contributed by atoms with Crippen LogP contribution in [0.5, 0.6) is 5.75 Å². The second-order valence-corrected chi connectivity index (χ2v) is 8.90. The predicted octanol–water partition coefficient (Wildman–Crippen LogP) is 4.90. The lowest BCUT2D eigenvalue weighted by molar-refractivity contribution is 0.0941. The van der Waals surface area contributed by atoms with Gasteiger partial charge in [0.05, 0.1) is 24.2 Å². The molecular weight excluding hydrogens is 432 g/mol. The van der Waals surface area contributed by atoms with Crippen LogP contribution in [0.1, 0.15) is 27.5 Å². The molecule has 0 aliphatic heterocycles. The number of H-pyrrole nitrogens is 1. The zero-order valence-electron chi connectivity index (χ0n) is 19.0. The number of aromatic nitrogens is 2. The molecule has 3 aromatic carbocycles. The van der Waals surface area contributed by atoms with Crippen LogP contribution < -0.4 is 10.1 Å². The minimum absolute atomic E-state index is 0.0119. The summed E-state index contributed by atoms with van der Waals surface area (Å²) in [6, 6.07) is 23.6. The number of hydrogen-bond donors (Lipinski definition) is 2. The molecule has 4 aromatic rings. The van der Waals surface area contributed by atoms with Crippen molar-refractivity contribution in [2.75, 3.05) is 27.7 Å². The van der Waals surface area contributed by atoms with Crippen LogP contribution in [-0.2, 0) is 5.75 Å². The highest BCUT2D eigenvalue weighted by Gasteiger charge is 2.20. The molecule has 1 aromatic heterocycles. The molecule has 0 saturated heterocycles. The second-order valence-electron chi connectivity index (χ2n) is 7.94. The molecule has 0 aliphatic rings. The molecule has 7 heteroatoms. The summed E-state index contributed by atoms with van der Waals surface area (Å²) >= 11 is 1.59. The molecule has 0 spiro atoms. The van der Waals surface area contributed by atoms with Crippen LogP contribution in [-0.4, -0.2) is 48.5 Å². The van der Waals surface area contributed by atoms with Gasteiger partial charge in [-0.1, -0.05) is 60.3 Å². The lowest BCUT2D eigenvalue weighted by Gasteiger charge is -2.26. The van der Waals surface area contributed by atoms with Crippen molar-refractivity contribution in [1.82, 2.24) is 20.2 Å². The van der Waals surface area contributed by atoms with E-state index in [1.54, 1.807) is 18.9 Å². The molecule has 4 rings (SSSR count). The van der Waals surface area contributed by atoms with Gasteiger partial charge in [-0.25, -0.2) is 4.98 Å². The Morgan fingerprint density at radius 3 is 2.58 bits per heavy atom. The summed E-state index contributed by atoms with van der Waals surface area (Å²) in [6.45, 7) is 0.470. The zero-order valence-corrected chi connectivity index (χ0v) is 19.9. The Morgan fingerprint density at radius 1 is 1.06 bits per heavy atom. The van der Waals surface area contributed by atoms with E-state index in [9.17, 15) is 4.79 Å². The Labute approximate surface area is 198 Å². The number of imidazole rings is 1. The molecule has 1 atom stereocenters. The third kappa shape index (κ3) is 5.38. The minimum Gasteiger partial charge on any atom is -0.496 e. The van der Waals surface area contributed by atoms with E-state index in [1.165, 1.54) is 0 Å². The fourth-order valence-electron chi connectivity index (χ4n) is 3.81. The number of benzene rings is 3. The highest BCUT2D eigenvalue weighted by molar-refractivity contribution is 7.98. The van der Waals surface area contributed by atoms with Crippen LogP contribution in [0.4, 0.5) is 0 Å². The number of methoxy groups -OCH3 is 1. The number of ether oxygens (including phenoxy) is 1. The van der Waals surface area contributed by atoms with Crippen LogP contribution in [0.15, 0.2) is 78.0 Å². The van der Waals surface area contributed by atoms with E-state index in [-0.39, 0.29) is 11.9 Å². The molecule has 1 amide bonds. The van der Waals surface area contributed by atoms with Gasteiger partial charge in [-0.2, -0.15) is 0 Å². The Morgan fingerprint density at radius 2 is 1.79 bits per heavy atom. The first kappa shape index (κ1) is 22.9. The lowest BCUT2D eigenvalue weighted by Crippen LogP contribution is -2.35. The smallest absolute Gasteiger partial charge is 0.251 e. The number of amides is 1. The fourth-order valence-corrected chi connectivity index (χ4v) is 4.70. The van der Waals surface area contributed by atoms with Crippen LogP contribution >= 0.6 is 11.8 Å². The van der Waals surface area contributed by atoms with Gasteiger partial charge < -0.3 is 19.9 Å². The highest BCUT2D eigenvalue weighted by Crippen LogP contribution is 2.28. The van der Waals surface area contributed by atoms with Gasteiger partial charge in [-0.3, -0.25) is 4.79 Å². The third-order valence-electron chi connectivity index (χ3n) is 5.57. The Balaban J connectivity index is 1.46. The summed E-state index contributed by atoms with van der Waals surface area (Å²) < 4.78 is 5.53. The number of nitrogens with zero attached hydrogens (tertiary/aromatic N) is 2. The van der Waals surface area contributed by atoms with Crippen molar-refractivity contribution in [2.24, 2.45) is 0 Å². The molecule has 2 N–H and O–H groups in total. The summed E-state index contributed by atoms with van der Waals surface area (Å²) in [7, 11) is 5.67.